The number of carbonyl (C=O) groups is 2. The lowest BCUT2D eigenvalue weighted by molar-refractivity contribution is 0.0713. The molecule has 1 saturated heterocycles. The Morgan fingerprint density at radius 2 is 1.73 bits per heavy atom. The highest BCUT2D eigenvalue weighted by Gasteiger charge is 2.27. The molecule has 1 aliphatic rings. The summed E-state index contributed by atoms with van der Waals surface area (Å²) in [4.78, 5) is 32.2. The maximum atomic E-state index is 12.9. The number of nitrogens with zero attached hydrogens (tertiary/aromatic N) is 2. The van der Waals surface area contributed by atoms with Crippen LogP contribution in [0.25, 0.3) is 0 Å². The van der Waals surface area contributed by atoms with Crippen molar-refractivity contribution >= 4 is 33.0 Å². The Morgan fingerprint density at radius 1 is 1.08 bits per heavy atom. The van der Waals surface area contributed by atoms with Gasteiger partial charge in [0.25, 0.3) is 11.8 Å². The fourth-order valence-corrected chi connectivity index (χ4v) is 5.77. The molecular formula is C27H31N3O5S2. The average molecular weight is 542 g/mol. The molecule has 37 heavy (non-hydrogen) atoms. The zero-order valence-electron chi connectivity index (χ0n) is 21.1. The first-order chi connectivity index (χ1) is 17.6. The molecule has 10 heteroatoms. The van der Waals surface area contributed by atoms with E-state index < -0.39 is 9.84 Å². The summed E-state index contributed by atoms with van der Waals surface area (Å²) in [5.74, 6) is 0.699. The summed E-state index contributed by atoms with van der Waals surface area (Å²) in [5.41, 5.74) is 1.82. The number of likely N-dealkylation sites (tertiary alicyclic amines) is 1. The van der Waals surface area contributed by atoms with Gasteiger partial charge in [0.15, 0.2) is 9.84 Å². The molecule has 0 aliphatic carbocycles. The molecule has 2 aromatic carbocycles. The molecule has 1 fully saturated rings. The number of benzene rings is 2. The van der Waals surface area contributed by atoms with Crippen LogP contribution in [0.1, 0.15) is 64.0 Å². The van der Waals surface area contributed by atoms with Gasteiger partial charge in [-0.15, -0.1) is 11.3 Å². The van der Waals surface area contributed by atoms with E-state index in [-0.39, 0.29) is 35.3 Å². The Bertz CT molecular complexity index is 1340. The van der Waals surface area contributed by atoms with Gasteiger partial charge in [-0.25, -0.2) is 13.4 Å². The number of rotatable bonds is 8. The van der Waals surface area contributed by atoms with E-state index in [0.29, 0.717) is 24.3 Å². The second-order valence-corrected chi connectivity index (χ2v) is 12.3. The second kappa shape index (κ2) is 11.4. The van der Waals surface area contributed by atoms with E-state index in [1.807, 2.05) is 30.9 Å². The lowest BCUT2D eigenvalue weighted by Crippen LogP contribution is -2.37. The van der Waals surface area contributed by atoms with E-state index >= 15 is 0 Å². The summed E-state index contributed by atoms with van der Waals surface area (Å²) in [5, 5.41) is 5.51. The van der Waals surface area contributed by atoms with Crippen LogP contribution >= 0.6 is 11.3 Å². The molecule has 0 radical (unpaired) electrons. The molecule has 2 amide bonds. The van der Waals surface area contributed by atoms with Crippen LogP contribution in [0.15, 0.2) is 58.8 Å². The average Bonchev–Trinajstić information content (AvgIpc) is 3.37. The second-order valence-electron chi connectivity index (χ2n) is 9.43. The van der Waals surface area contributed by atoms with Crippen molar-refractivity contribution in [3.05, 3.63) is 75.7 Å². The van der Waals surface area contributed by atoms with Gasteiger partial charge in [0, 0.05) is 42.8 Å². The Balaban J connectivity index is 1.28. The fraction of sp³-hybridized carbons (Fsp3) is 0.370. The molecule has 1 aromatic heterocycles. The molecule has 0 saturated carbocycles. The number of sulfone groups is 1. The molecule has 0 unspecified atom stereocenters. The predicted octanol–water partition coefficient (Wildman–Crippen LogP) is 4.28. The molecule has 196 valence electrons. The van der Waals surface area contributed by atoms with Gasteiger partial charge in [0.2, 0.25) is 0 Å². The number of hydrogen-bond acceptors (Lipinski definition) is 7. The monoisotopic (exact) mass is 541 g/mol. The summed E-state index contributed by atoms with van der Waals surface area (Å²) in [7, 11) is -3.25. The molecule has 0 atom stereocenters. The van der Waals surface area contributed by atoms with Crippen molar-refractivity contribution in [2.24, 2.45) is 0 Å². The van der Waals surface area contributed by atoms with Crippen molar-refractivity contribution in [1.82, 2.24) is 15.2 Å². The van der Waals surface area contributed by atoms with Crippen molar-refractivity contribution in [3.8, 4) is 5.75 Å². The molecule has 4 rings (SSSR count). The van der Waals surface area contributed by atoms with Gasteiger partial charge in [-0.2, -0.15) is 0 Å². The van der Waals surface area contributed by atoms with Gasteiger partial charge in [0.1, 0.15) is 11.4 Å². The Morgan fingerprint density at radius 3 is 2.32 bits per heavy atom. The lowest BCUT2D eigenvalue weighted by Gasteiger charge is -2.31. The summed E-state index contributed by atoms with van der Waals surface area (Å²) < 4.78 is 28.8. The smallest absolute Gasteiger partial charge is 0.271 e. The van der Waals surface area contributed by atoms with Gasteiger partial charge in [-0.05, 0) is 68.7 Å². The number of hydrogen-bond donors (Lipinski definition) is 1. The predicted molar refractivity (Wildman–Crippen MR) is 143 cm³/mol. The number of aromatic nitrogens is 1. The lowest BCUT2D eigenvalue weighted by atomic mass is 9.97. The van der Waals surface area contributed by atoms with Gasteiger partial charge < -0.3 is 15.0 Å². The van der Waals surface area contributed by atoms with Crippen molar-refractivity contribution in [2.75, 3.05) is 19.3 Å². The minimum Gasteiger partial charge on any atom is -0.491 e. The van der Waals surface area contributed by atoms with E-state index in [1.165, 1.54) is 23.5 Å². The number of nitrogens with one attached hydrogen (secondary N) is 1. The van der Waals surface area contributed by atoms with Crippen molar-refractivity contribution < 1.29 is 22.7 Å². The number of piperidine rings is 1. The Labute approximate surface area is 221 Å². The van der Waals surface area contributed by atoms with Crippen molar-refractivity contribution in [3.63, 3.8) is 0 Å². The van der Waals surface area contributed by atoms with Crippen LogP contribution in [0, 0.1) is 0 Å². The molecule has 0 spiro atoms. The highest BCUT2D eigenvalue weighted by atomic mass is 32.2. The first kappa shape index (κ1) is 26.8. The van der Waals surface area contributed by atoms with E-state index in [9.17, 15) is 18.0 Å². The number of amides is 2. The van der Waals surface area contributed by atoms with Gasteiger partial charge in [-0.3, -0.25) is 9.59 Å². The number of ether oxygens (including phenoxy) is 1. The molecule has 0 bridgehead atoms. The molecule has 1 N–H and O–H groups in total. The van der Waals surface area contributed by atoms with E-state index in [0.717, 1.165) is 35.4 Å². The first-order valence-corrected chi connectivity index (χ1v) is 15.0. The molecule has 8 nitrogen and oxygen atoms in total. The molecule has 3 aromatic rings. The van der Waals surface area contributed by atoms with Gasteiger partial charge in [0.05, 0.1) is 16.0 Å². The molecule has 2 heterocycles. The third-order valence-corrected chi connectivity index (χ3v) is 8.30. The SMILES string of the molecule is CC(C)Oc1ccc(C(=O)N2CCC(c3nc(C(=O)NCc4ccc(S(C)(=O)=O)cc4)cs3)CC2)cc1. The summed E-state index contributed by atoms with van der Waals surface area (Å²) in [6.45, 7) is 5.48. The Hall–Kier alpha value is -3.24. The minimum atomic E-state index is -3.25. The minimum absolute atomic E-state index is 0.0123. The largest absolute Gasteiger partial charge is 0.491 e. The van der Waals surface area contributed by atoms with E-state index in [4.69, 9.17) is 4.74 Å². The maximum absolute atomic E-state index is 12.9. The van der Waals surface area contributed by atoms with Crippen LogP contribution in [-0.4, -0.2) is 55.6 Å². The topological polar surface area (TPSA) is 106 Å². The third-order valence-electron chi connectivity index (χ3n) is 6.16. The highest BCUT2D eigenvalue weighted by Crippen LogP contribution is 2.31. The maximum Gasteiger partial charge on any atom is 0.271 e. The summed E-state index contributed by atoms with van der Waals surface area (Å²) in [6, 6.07) is 13.7. The van der Waals surface area contributed by atoms with Crippen LogP contribution in [0.2, 0.25) is 0 Å². The van der Waals surface area contributed by atoms with Crippen LogP contribution in [0.5, 0.6) is 5.75 Å². The summed E-state index contributed by atoms with van der Waals surface area (Å²) >= 11 is 1.47. The van der Waals surface area contributed by atoms with Gasteiger partial charge in [-0.1, -0.05) is 12.1 Å². The van der Waals surface area contributed by atoms with Crippen LogP contribution < -0.4 is 10.1 Å². The van der Waals surface area contributed by atoms with E-state index in [1.54, 1.807) is 29.6 Å². The van der Waals surface area contributed by atoms with Crippen LogP contribution in [0.3, 0.4) is 0 Å². The standard InChI is InChI=1S/C27H31N3O5S2/c1-18(2)35-22-8-6-21(7-9-22)27(32)30-14-12-20(13-15-30)26-29-24(17-36-26)25(31)28-16-19-4-10-23(11-5-19)37(3,33)34/h4-11,17-18,20H,12-16H2,1-3H3,(H,28,31). The first-order valence-electron chi connectivity index (χ1n) is 12.2. The normalized spacial score (nSPS) is 14.5. The number of thiazole rings is 1. The zero-order chi connectivity index (χ0) is 26.6. The number of carbonyl (C=O) groups excluding carboxylic acids is 2. The Kier molecular flexibility index (Phi) is 8.29. The van der Waals surface area contributed by atoms with Gasteiger partial charge >= 0.3 is 0 Å². The zero-order valence-corrected chi connectivity index (χ0v) is 22.8. The molecule has 1 aliphatic heterocycles. The summed E-state index contributed by atoms with van der Waals surface area (Å²) in [6.07, 6.45) is 2.83. The highest BCUT2D eigenvalue weighted by molar-refractivity contribution is 7.90. The van der Waals surface area contributed by atoms with Crippen LogP contribution in [0.4, 0.5) is 0 Å². The van der Waals surface area contributed by atoms with E-state index in [2.05, 4.69) is 10.3 Å². The van der Waals surface area contributed by atoms with Crippen molar-refractivity contribution in [1.29, 1.82) is 0 Å². The van der Waals surface area contributed by atoms with Crippen molar-refractivity contribution in [2.45, 2.75) is 50.2 Å². The third kappa shape index (κ3) is 6.95. The fourth-order valence-electron chi connectivity index (χ4n) is 4.17. The quantitative estimate of drug-likeness (QED) is 0.456. The van der Waals surface area contributed by atoms with Crippen LogP contribution in [-0.2, 0) is 16.4 Å². The molecular weight excluding hydrogens is 510 g/mol.